The topological polar surface area (TPSA) is 17.0 Å². The Morgan fingerprint density at radius 2 is 1.75 bits per heavy atom. The molecule has 0 radical (unpaired) electrons. The van der Waals surface area contributed by atoms with Gasteiger partial charge in [0.15, 0.2) is 6.20 Å². The monoisotopic (exact) mass is 423 g/mol. The molecule has 2 heterocycles. The Morgan fingerprint density at radius 3 is 2.59 bits per heavy atom. The van der Waals surface area contributed by atoms with Crippen LogP contribution in [0.15, 0.2) is 77.3 Å². The van der Waals surface area contributed by atoms with Crippen LogP contribution < -0.4 is 4.57 Å². The van der Waals surface area contributed by atoms with Crippen LogP contribution in [-0.4, -0.2) is 0 Å². The highest BCUT2D eigenvalue weighted by Gasteiger charge is 2.28. The van der Waals surface area contributed by atoms with E-state index in [1.54, 1.807) is 32.0 Å². The first-order chi connectivity index (χ1) is 17.4. The Labute approximate surface area is 196 Å². The highest BCUT2D eigenvalue weighted by Crippen LogP contribution is 2.42. The molecule has 0 N–H and O–H groups in total. The van der Waals surface area contributed by atoms with Crippen LogP contribution in [0.4, 0.5) is 0 Å². The number of aromatic nitrogens is 1. The highest BCUT2D eigenvalue weighted by molar-refractivity contribution is 6.13. The molecular formula is C30H28NO+. The van der Waals surface area contributed by atoms with Gasteiger partial charge in [0.2, 0.25) is 5.69 Å². The van der Waals surface area contributed by atoms with E-state index in [-0.39, 0.29) is 0 Å². The molecular weight excluding hydrogens is 390 g/mol. The molecule has 0 saturated heterocycles. The van der Waals surface area contributed by atoms with Gasteiger partial charge in [0.1, 0.15) is 18.2 Å². The Bertz CT molecular complexity index is 1750. The molecule has 2 nitrogen and oxygen atoms in total. The van der Waals surface area contributed by atoms with Gasteiger partial charge in [0.25, 0.3) is 0 Å². The lowest BCUT2D eigenvalue weighted by molar-refractivity contribution is -0.660. The normalized spacial score (nSPS) is 20.3. The van der Waals surface area contributed by atoms with Crippen LogP contribution in [0.5, 0.6) is 0 Å². The number of nitrogens with zero attached hydrogens (tertiary/aromatic N) is 1. The zero-order valence-corrected chi connectivity index (χ0v) is 18.7. The highest BCUT2D eigenvalue weighted by atomic mass is 16.3. The van der Waals surface area contributed by atoms with Gasteiger partial charge in [0.05, 0.1) is 6.93 Å². The third-order valence-electron chi connectivity index (χ3n) is 6.34. The number of furan rings is 1. The molecule has 0 saturated carbocycles. The molecule has 1 aliphatic carbocycles. The van der Waals surface area contributed by atoms with Gasteiger partial charge in [-0.1, -0.05) is 62.4 Å². The minimum atomic E-state index is -1.86. The molecule has 0 spiro atoms. The van der Waals surface area contributed by atoms with Gasteiger partial charge in [0, 0.05) is 34.0 Å². The molecule has 3 aromatic carbocycles. The van der Waals surface area contributed by atoms with E-state index in [0.717, 1.165) is 33.2 Å². The number of hydrogen-bond acceptors (Lipinski definition) is 1. The summed E-state index contributed by atoms with van der Waals surface area (Å²) < 4.78 is 52.2. The summed E-state index contributed by atoms with van der Waals surface area (Å²) in [5.41, 5.74) is 5.38. The average molecular weight is 424 g/mol. The summed E-state index contributed by atoms with van der Waals surface area (Å²) in [4.78, 5) is 0. The van der Waals surface area contributed by atoms with E-state index in [1.807, 2.05) is 43.6 Å². The third kappa shape index (κ3) is 2.90. The average Bonchev–Trinajstić information content (AvgIpc) is 3.25. The second kappa shape index (κ2) is 6.80. The molecule has 0 fully saturated rings. The number of rotatable bonds is 2. The lowest BCUT2D eigenvalue weighted by Crippen LogP contribution is -2.30. The summed E-state index contributed by atoms with van der Waals surface area (Å²) in [6.45, 7) is 5.34. The minimum Gasteiger partial charge on any atom is -0.454 e. The summed E-state index contributed by atoms with van der Waals surface area (Å²) in [5.74, 6) is 0. The van der Waals surface area contributed by atoms with Gasteiger partial charge in [-0.05, 0) is 53.4 Å². The van der Waals surface area contributed by atoms with Crippen molar-refractivity contribution in [3.63, 3.8) is 0 Å². The second-order valence-corrected chi connectivity index (χ2v) is 9.18. The molecule has 32 heavy (non-hydrogen) atoms. The van der Waals surface area contributed by atoms with Crippen molar-refractivity contribution in [2.75, 3.05) is 0 Å². The van der Waals surface area contributed by atoms with Crippen LogP contribution in [-0.2, 0) is 19.8 Å². The Balaban J connectivity index is 1.65. The molecule has 0 unspecified atom stereocenters. The smallest absolute Gasteiger partial charge is 0.216 e. The minimum absolute atomic E-state index is 0.330. The van der Waals surface area contributed by atoms with Crippen molar-refractivity contribution in [1.82, 2.24) is 0 Å². The van der Waals surface area contributed by atoms with Gasteiger partial charge in [-0.3, -0.25) is 0 Å². The van der Waals surface area contributed by atoms with E-state index in [0.29, 0.717) is 33.9 Å². The predicted molar refractivity (Wildman–Crippen MR) is 132 cm³/mol. The maximum absolute atomic E-state index is 8.81. The maximum Gasteiger partial charge on any atom is 0.216 e. The van der Waals surface area contributed by atoms with E-state index in [1.165, 1.54) is 0 Å². The molecule has 5 aromatic rings. The van der Waals surface area contributed by atoms with Crippen molar-refractivity contribution >= 4 is 21.9 Å². The predicted octanol–water partition coefficient (Wildman–Crippen LogP) is 7.18. The van der Waals surface area contributed by atoms with Crippen LogP contribution in [0.3, 0.4) is 0 Å². The Kier molecular flexibility index (Phi) is 3.11. The third-order valence-corrected chi connectivity index (χ3v) is 6.34. The molecule has 0 aliphatic heterocycles. The number of hydrogen-bond donors (Lipinski definition) is 0. The number of benzene rings is 3. The van der Waals surface area contributed by atoms with Crippen molar-refractivity contribution in [2.45, 2.75) is 33.5 Å². The van der Waals surface area contributed by atoms with Crippen LogP contribution in [0.1, 0.15) is 37.4 Å². The molecule has 0 amide bonds. The number of pyridine rings is 1. The summed E-state index contributed by atoms with van der Waals surface area (Å²) in [6.07, 6.45) is -1.67. The zero-order valence-electron chi connectivity index (χ0n) is 23.7. The van der Waals surface area contributed by atoms with Gasteiger partial charge >= 0.3 is 0 Å². The molecule has 158 valence electrons. The Morgan fingerprint density at radius 1 is 0.938 bits per heavy atom. The summed E-state index contributed by atoms with van der Waals surface area (Å²) in [5, 5.41) is 1.75. The van der Waals surface area contributed by atoms with Crippen molar-refractivity contribution in [3.8, 4) is 22.4 Å². The van der Waals surface area contributed by atoms with Crippen molar-refractivity contribution in [1.29, 1.82) is 0 Å². The molecule has 1 aliphatic rings. The van der Waals surface area contributed by atoms with Gasteiger partial charge in [-0.25, -0.2) is 4.57 Å². The summed E-state index contributed by atoms with van der Waals surface area (Å²) in [7, 11) is 2.00. The first-order valence-corrected chi connectivity index (χ1v) is 10.9. The van der Waals surface area contributed by atoms with E-state index >= 15 is 0 Å². The molecule has 0 atom stereocenters. The van der Waals surface area contributed by atoms with Crippen LogP contribution in [0.25, 0.3) is 44.3 Å². The SMILES string of the molecule is [2H]c1cc(-c2ccc3c(c2)C([2H])([2H])C(C)(C)C3([2H])[2H])c2oc3c(-c4cccc[n+]4C)c(C)ccc3c2c1. The standard InChI is InChI=1S/C30H28NO/c1-19-11-14-25-24-9-7-8-23(20-12-13-21-17-30(2,3)18-22(21)16-20)28(24)32-29(25)27(19)26-10-5-6-15-31(26)4/h5-16H,17-18H2,1-4H3/q+1/i7D,17D2,18D2. The van der Waals surface area contributed by atoms with E-state index in [4.69, 9.17) is 11.3 Å². The lowest BCUT2D eigenvalue weighted by Gasteiger charge is -2.14. The first-order valence-electron chi connectivity index (χ1n) is 13.4. The van der Waals surface area contributed by atoms with Gasteiger partial charge in [-0.2, -0.15) is 0 Å². The number of para-hydroxylation sites is 1. The van der Waals surface area contributed by atoms with Crippen molar-refractivity contribution in [3.05, 3.63) is 89.6 Å². The van der Waals surface area contributed by atoms with Crippen molar-refractivity contribution in [2.24, 2.45) is 12.5 Å². The van der Waals surface area contributed by atoms with Crippen LogP contribution in [0, 0.1) is 12.3 Å². The van der Waals surface area contributed by atoms with Crippen molar-refractivity contribution < 1.29 is 15.8 Å². The first kappa shape index (κ1) is 14.6. The lowest BCUT2D eigenvalue weighted by atomic mass is 9.90. The van der Waals surface area contributed by atoms with E-state index in [9.17, 15) is 0 Å². The van der Waals surface area contributed by atoms with Crippen LogP contribution in [0.2, 0.25) is 0 Å². The Hall–Kier alpha value is -3.39. The molecule has 0 bridgehead atoms. The fourth-order valence-electron chi connectivity index (χ4n) is 4.84. The fourth-order valence-corrected chi connectivity index (χ4v) is 4.84. The van der Waals surface area contributed by atoms with Gasteiger partial charge < -0.3 is 4.42 Å². The number of aryl methyl sites for hydroxylation is 2. The van der Waals surface area contributed by atoms with Gasteiger partial charge in [-0.15, -0.1) is 0 Å². The van der Waals surface area contributed by atoms with E-state index in [2.05, 4.69) is 23.6 Å². The molecule has 6 rings (SSSR count). The molecule has 2 heteroatoms. The number of fused-ring (bicyclic) bond motifs is 4. The molecule has 2 aromatic heterocycles. The maximum atomic E-state index is 8.81. The summed E-state index contributed by atoms with van der Waals surface area (Å²) in [6, 6.07) is 19.3. The quantitative estimate of drug-likeness (QED) is 0.275. The fraction of sp³-hybridized carbons (Fsp3) is 0.233. The van der Waals surface area contributed by atoms with Crippen LogP contribution >= 0.6 is 0 Å². The van der Waals surface area contributed by atoms with E-state index < -0.39 is 18.2 Å². The second-order valence-electron chi connectivity index (χ2n) is 9.18. The summed E-state index contributed by atoms with van der Waals surface area (Å²) >= 11 is 0. The largest absolute Gasteiger partial charge is 0.454 e. The zero-order chi connectivity index (χ0) is 26.5.